The first-order chi connectivity index (χ1) is 11.2. The number of carbonyl (C=O) groups excluding carboxylic acids is 1. The second kappa shape index (κ2) is 7.19. The number of amides is 1. The van der Waals surface area contributed by atoms with Gasteiger partial charge in [-0.15, -0.1) is 0 Å². The summed E-state index contributed by atoms with van der Waals surface area (Å²) >= 11 is 0. The van der Waals surface area contributed by atoms with Gasteiger partial charge in [-0.25, -0.2) is 9.37 Å². The zero-order valence-corrected chi connectivity index (χ0v) is 12.7. The zero-order chi connectivity index (χ0) is 16.1. The quantitative estimate of drug-likeness (QED) is 0.934. The van der Waals surface area contributed by atoms with Gasteiger partial charge >= 0.3 is 0 Å². The highest BCUT2D eigenvalue weighted by Gasteiger charge is 2.24. The summed E-state index contributed by atoms with van der Waals surface area (Å²) in [7, 11) is 0. The molecule has 120 valence electrons. The highest BCUT2D eigenvalue weighted by atomic mass is 19.1. The van der Waals surface area contributed by atoms with E-state index in [1.54, 1.807) is 35.4 Å². The third-order valence-corrected chi connectivity index (χ3v) is 3.77. The van der Waals surface area contributed by atoms with Crippen molar-refractivity contribution in [2.45, 2.75) is 6.54 Å². The first-order valence-corrected chi connectivity index (χ1v) is 7.60. The molecule has 0 aliphatic carbocycles. The first kappa shape index (κ1) is 15.4. The molecule has 0 bridgehead atoms. The van der Waals surface area contributed by atoms with Crippen LogP contribution in [0.25, 0.3) is 0 Å². The Kier molecular flexibility index (Phi) is 4.83. The van der Waals surface area contributed by atoms with Gasteiger partial charge in [0.1, 0.15) is 17.9 Å². The van der Waals surface area contributed by atoms with Gasteiger partial charge in [-0.05, 0) is 29.8 Å². The minimum Gasteiger partial charge on any atom is -0.378 e. The van der Waals surface area contributed by atoms with Crippen LogP contribution in [0.4, 0.5) is 10.2 Å². The normalized spacial score (nSPS) is 14.6. The average Bonchev–Trinajstić information content (AvgIpc) is 2.62. The fourth-order valence-electron chi connectivity index (χ4n) is 2.49. The molecule has 1 aromatic carbocycles. The monoisotopic (exact) mass is 316 g/mol. The van der Waals surface area contributed by atoms with Gasteiger partial charge in [-0.1, -0.05) is 12.1 Å². The van der Waals surface area contributed by atoms with E-state index in [1.165, 1.54) is 12.1 Å². The average molecular weight is 316 g/mol. The van der Waals surface area contributed by atoms with Gasteiger partial charge in [0.05, 0.1) is 19.4 Å². The van der Waals surface area contributed by atoms with Crippen LogP contribution < -0.4 is 10.3 Å². The maximum absolute atomic E-state index is 12.9. The van der Waals surface area contributed by atoms with E-state index in [0.29, 0.717) is 44.2 Å². The Morgan fingerprint density at radius 2 is 1.96 bits per heavy atom. The number of ether oxygens (including phenoxy) is 1. The van der Waals surface area contributed by atoms with Crippen molar-refractivity contribution in [3.05, 3.63) is 59.5 Å². The van der Waals surface area contributed by atoms with E-state index in [2.05, 4.69) is 10.3 Å². The number of carbonyl (C=O) groups is 1. The van der Waals surface area contributed by atoms with Crippen molar-refractivity contribution >= 4 is 11.7 Å². The van der Waals surface area contributed by atoms with E-state index < -0.39 is 0 Å². The van der Waals surface area contributed by atoms with Gasteiger partial charge in [-0.3, -0.25) is 10.1 Å². The highest BCUT2D eigenvalue weighted by Crippen LogP contribution is 2.14. The number of aromatic nitrogens is 1. The summed E-state index contributed by atoms with van der Waals surface area (Å²) in [5.74, 6) is 0.378. The molecule has 6 heteroatoms. The molecule has 3 rings (SSSR count). The lowest BCUT2D eigenvalue weighted by molar-refractivity contribution is -0.361. The maximum atomic E-state index is 12.9. The standard InChI is InChI=1S/C17H18FN3O2/c18-14-5-3-13(4-6-14)12-20-16-15(2-1-7-19-16)17(22)21-8-10-23-11-9-21/h1-7H,8-12H2,(H,19,20)/p+1. The zero-order valence-electron chi connectivity index (χ0n) is 12.7. The molecular formula is C17H19FN3O2+. The van der Waals surface area contributed by atoms with Gasteiger partial charge in [0, 0.05) is 13.1 Å². The number of hydrogen-bond acceptors (Lipinski definition) is 3. The highest BCUT2D eigenvalue weighted by molar-refractivity contribution is 5.98. The lowest BCUT2D eigenvalue weighted by Crippen LogP contribution is -2.41. The van der Waals surface area contributed by atoms with E-state index in [9.17, 15) is 9.18 Å². The van der Waals surface area contributed by atoms with Crippen LogP contribution in [-0.4, -0.2) is 37.1 Å². The van der Waals surface area contributed by atoms with Gasteiger partial charge in [-0.2, -0.15) is 0 Å². The molecule has 0 saturated carbocycles. The summed E-state index contributed by atoms with van der Waals surface area (Å²) < 4.78 is 18.2. The van der Waals surface area contributed by atoms with Crippen molar-refractivity contribution < 1.29 is 18.9 Å². The summed E-state index contributed by atoms with van der Waals surface area (Å²) in [5.41, 5.74) is 1.53. The third kappa shape index (κ3) is 3.84. The van der Waals surface area contributed by atoms with Crippen LogP contribution in [0.2, 0.25) is 0 Å². The minimum atomic E-state index is -0.261. The van der Waals surface area contributed by atoms with E-state index >= 15 is 0 Å². The molecule has 1 fully saturated rings. The lowest BCUT2D eigenvalue weighted by atomic mass is 10.2. The summed E-state index contributed by atoms with van der Waals surface area (Å²) in [6.45, 7) is 2.85. The molecule has 0 spiro atoms. The molecule has 1 aliphatic rings. The Balaban J connectivity index is 1.72. The van der Waals surface area contributed by atoms with Crippen LogP contribution in [0.1, 0.15) is 15.9 Å². The number of H-pyrrole nitrogens is 1. The second-order valence-corrected chi connectivity index (χ2v) is 5.34. The van der Waals surface area contributed by atoms with E-state index in [0.717, 1.165) is 5.56 Å². The Hall–Kier alpha value is -2.47. The van der Waals surface area contributed by atoms with E-state index in [-0.39, 0.29) is 11.7 Å². The number of nitrogens with zero attached hydrogens (tertiary/aromatic N) is 1. The van der Waals surface area contributed by atoms with Gasteiger partial charge < -0.3 is 9.64 Å². The third-order valence-electron chi connectivity index (χ3n) is 3.77. The predicted octanol–water partition coefficient (Wildman–Crippen LogP) is 1.72. The Labute approximate surface area is 134 Å². The summed E-state index contributed by atoms with van der Waals surface area (Å²) in [6, 6.07) is 9.87. The maximum Gasteiger partial charge on any atom is 0.285 e. The molecule has 0 unspecified atom stereocenters. The summed E-state index contributed by atoms with van der Waals surface area (Å²) in [4.78, 5) is 17.5. The largest absolute Gasteiger partial charge is 0.378 e. The fraction of sp³-hybridized carbons (Fsp3) is 0.294. The Morgan fingerprint density at radius 3 is 2.70 bits per heavy atom. The number of nitrogens with one attached hydrogen (secondary N) is 2. The fourth-order valence-corrected chi connectivity index (χ4v) is 2.49. The second-order valence-electron chi connectivity index (χ2n) is 5.34. The molecule has 2 aromatic rings. The van der Waals surface area contributed by atoms with Gasteiger partial charge in [0.25, 0.3) is 11.7 Å². The smallest absolute Gasteiger partial charge is 0.285 e. The number of aromatic amines is 1. The molecule has 1 aliphatic heterocycles. The summed E-state index contributed by atoms with van der Waals surface area (Å²) in [5, 5.41) is 3.21. The van der Waals surface area contributed by atoms with Crippen LogP contribution in [0.15, 0.2) is 42.6 Å². The molecular weight excluding hydrogens is 297 g/mol. The van der Waals surface area contributed by atoms with E-state index in [4.69, 9.17) is 4.74 Å². The van der Waals surface area contributed by atoms with E-state index in [1.807, 2.05) is 0 Å². The number of halogens is 1. The Bertz CT molecular complexity index is 670. The molecule has 2 heterocycles. The molecule has 23 heavy (non-hydrogen) atoms. The number of pyridine rings is 1. The molecule has 1 aromatic heterocycles. The van der Waals surface area contributed by atoms with Crippen molar-refractivity contribution in [3.8, 4) is 0 Å². The van der Waals surface area contributed by atoms with Crippen LogP contribution >= 0.6 is 0 Å². The molecule has 5 nitrogen and oxygen atoms in total. The minimum absolute atomic E-state index is 0.0215. The van der Waals surface area contributed by atoms with Gasteiger partial charge in [0.15, 0.2) is 0 Å². The number of morpholine rings is 1. The van der Waals surface area contributed by atoms with Gasteiger partial charge in [0.2, 0.25) is 0 Å². The molecule has 0 radical (unpaired) electrons. The molecule has 1 saturated heterocycles. The molecule has 0 atom stereocenters. The molecule has 1 amide bonds. The number of rotatable bonds is 4. The van der Waals surface area contributed by atoms with Crippen molar-refractivity contribution in [1.29, 1.82) is 0 Å². The van der Waals surface area contributed by atoms with Crippen molar-refractivity contribution in [2.24, 2.45) is 0 Å². The SMILES string of the molecule is O=C(c1ccc[nH+]c1NCc1ccc(F)cc1)N1CCOCC1. The van der Waals surface area contributed by atoms with Crippen LogP contribution in [0.3, 0.4) is 0 Å². The topological polar surface area (TPSA) is 55.7 Å². The van der Waals surface area contributed by atoms with Crippen molar-refractivity contribution in [3.63, 3.8) is 0 Å². The predicted molar refractivity (Wildman–Crippen MR) is 83.4 cm³/mol. The Morgan fingerprint density at radius 1 is 1.22 bits per heavy atom. The van der Waals surface area contributed by atoms with Crippen LogP contribution in [0, 0.1) is 5.82 Å². The number of anilines is 1. The van der Waals surface area contributed by atoms with Crippen molar-refractivity contribution in [2.75, 3.05) is 31.6 Å². The van der Waals surface area contributed by atoms with Crippen LogP contribution in [-0.2, 0) is 11.3 Å². The lowest BCUT2D eigenvalue weighted by Gasteiger charge is -2.26. The van der Waals surface area contributed by atoms with Crippen molar-refractivity contribution in [1.82, 2.24) is 4.90 Å². The molecule has 2 N–H and O–H groups in total. The number of benzene rings is 1. The summed E-state index contributed by atoms with van der Waals surface area (Å²) in [6.07, 6.45) is 1.77. The first-order valence-electron chi connectivity index (χ1n) is 7.60. The number of hydrogen-bond donors (Lipinski definition) is 1. The van der Waals surface area contributed by atoms with Crippen LogP contribution in [0.5, 0.6) is 0 Å².